The van der Waals surface area contributed by atoms with E-state index in [1.165, 1.54) is 0 Å². The van der Waals surface area contributed by atoms with Crippen molar-refractivity contribution in [2.45, 2.75) is 55.4 Å². The highest BCUT2D eigenvalue weighted by atomic mass is 14.5. The topological polar surface area (TPSA) is 26.0 Å². The van der Waals surface area contributed by atoms with Crippen molar-refractivity contribution < 1.29 is 0 Å². The molecule has 0 atom stereocenters. The summed E-state index contributed by atoms with van der Waals surface area (Å²) in [6, 6.07) is 0. The summed E-state index contributed by atoms with van der Waals surface area (Å²) >= 11 is 0. The van der Waals surface area contributed by atoms with Gasteiger partial charge in [0.05, 0.1) is 0 Å². The molecule has 0 unspecified atom stereocenters. The van der Waals surface area contributed by atoms with Gasteiger partial charge in [-0.15, -0.1) is 12.3 Å². The smallest absolute Gasteiger partial charge is 0.0310 e. The molecule has 0 aromatic rings. The Labute approximate surface area is 128 Å². The van der Waals surface area contributed by atoms with Crippen molar-refractivity contribution in [2.75, 3.05) is 0 Å². The van der Waals surface area contributed by atoms with E-state index in [9.17, 15) is 0 Å². The van der Waals surface area contributed by atoms with Gasteiger partial charge in [0.15, 0.2) is 0 Å². The second-order valence-electron chi connectivity index (χ2n) is 3.75. The summed E-state index contributed by atoms with van der Waals surface area (Å²) in [6.45, 7) is 15.9. The van der Waals surface area contributed by atoms with Crippen LogP contribution in [0.5, 0.6) is 0 Å². The Bertz CT molecular complexity index is 296. The molecule has 0 saturated carbocycles. The van der Waals surface area contributed by atoms with Crippen LogP contribution in [-0.4, -0.2) is 0 Å². The zero-order valence-corrected chi connectivity index (χ0v) is 14.8. The van der Waals surface area contributed by atoms with E-state index >= 15 is 0 Å². The molecule has 0 bridgehead atoms. The first-order chi connectivity index (χ1) is 9.49. The van der Waals surface area contributed by atoms with Gasteiger partial charge in [0.25, 0.3) is 0 Å². The lowest BCUT2D eigenvalue weighted by atomic mass is 10.2. The Hall–Kier alpha value is -1.68. The van der Waals surface area contributed by atoms with Crippen molar-refractivity contribution in [3.05, 3.63) is 48.2 Å². The van der Waals surface area contributed by atoms with Crippen LogP contribution in [0.3, 0.4) is 0 Å². The number of nitrogens with two attached hydrogens (primary N) is 1. The quantitative estimate of drug-likeness (QED) is 0.390. The van der Waals surface area contributed by atoms with Gasteiger partial charge in [-0.25, -0.2) is 0 Å². The molecule has 116 valence electrons. The lowest BCUT2D eigenvalue weighted by molar-refractivity contribution is 0.830. The van der Waals surface area contributed by atoms with Crippen molar-refractivity contribution in [1.82, 2.24) is 0 Å². The van der Waals surface area contributed by atoms with E-state index in [-0.39, 0.29) is 0 Å². The first-order valence-corrected chi connectivity index (χ1v) is 7.21. The fraction of sp³-hybridized carbons (Fsp3) is 0.474. The molecule has 0 spiro atoms. The number of allylic oxidation sites excluding steroid dienone is 7. The number of rotatable bonds is 3. The highest BCUT2D eigenvalue weighted by Gasteiger charge is 1.76. The molecule has 0 aromatic carbocycles. The summed E-state index contributed by atoms with van der Waals surface area (Å²) < 4.78 is 0. The summed E-state index contributed by atoms with van der Waals surface area (Å²) in [7, 11) is 0. The molecular formula is C19H35N. The van der Waals surface area contributed by atoms with Gasteiger partial charge in [-0.2, -0.15) is 0 Å². The summed E-state index contributed by atoms with van der Waals surface area (Å²) in [6.07, 6.45) is 18.3. The van der Waals surface area contributed by atoms with Gasteiger partial charge in [0.2, 0.25) is 0 Å². The van der Waals surface area contributed by atoms with Crippen LogP contribution in [0, 0.1) is 18.3 Å². The minimum absolute atomic E-state index is 0.718. The fourth-order valence-corrected chi connectivity index (χ4v) is 0.840. The molecule has 0 amide bonds. The molecule has 0 saturated heterocycles. The average Bonchev–Trinajstić information content (AvgIpc) is 2.40. The Kier molecular flexibility index (Phi) is 40.7. The maximum atomic E-state index is 5.49. The molecular weight excluding hydrogens is 242 g/mol. The van der Waals surface area contributed by atoms with E-state index in [4.69, 9.17) is 5.73 Å². The monoisotopic (exact) mass is 277 g/mol. The number of terminal acetylenes is 1. The molecule has 0 radical (unpaired) electrons. The minimum atomic E-state index is 0.718. The zero-order chi connectivity index (χ0) is 16.8. The summed E-state index contributed by atoms with van der Waals surface area (Å²) in [5.41, 5.74) is 6.28. The van der Waals surface area contributed by atoms with Crippen molar-refractivity contribution >= 4 is 0 Å². The molecule has 0 aliphatic rings. The molecule has 0 heterocycles. The molecule has 0 aliphatic heterocycles. The maximum absolute atomic E-state index is 5.49. The van der Waals surface area contributed by atoms with Gasteiger partial charge >= 0.3 is 0 Å². The molecule has 2 N–H and O–H groups in total. The summed E-state index contributed by atoms with van der Waals surface area (Å²) in [5.74, 6) is 2.97. The molecule has 0 aromatic heterocycles. The second kappa shape index (κ2) is 30.4. The Morgan fingerprint density at radius 3 is 1.70 bits per heavy atom. The molecule has 20 heavy (non-hydrogen) atoms. The Morgan fingerprint density at radius 2 is 1.50 bits per heavy atom. The van der Waals surface area contributed by atoms with Crippen molar-refractivity contribution in [2.24, 2.45) is 11.7 Å². The first kappa shape index (κ1) is 26.8. The van der Waals surface area contributed by atoms with E-state index in [1.54, 1.807) is 6.92 Å². The number of hydrogen-bond donors (Lipinski definition) is 1. The van der Waals surface area contributed by atoms with Gasteiger partial charge in [0, 0.05) is 5.70 Å². The van der Waals surface area contributed by atoms with E-state index in [0.717, 1.165) is 11.6 Å². The molecule has 1 heteroatoms. The predicted octanol–water partition coefficient (Wildman–Crippen LogP) is 5.87. The van der Waals surface area contributed by atoms with E-state index < -0.39 is 0 Å². The Balaban J connectivity index is -0.000000101. The summed E-state index contributed by atoms with van der Waals surface area (Å²) in [5, 5.41) is 0. The predicted molar refractivity (Wildman–Crippen MR) is 97.4 cm³/mol. The van der Waals surface area contributed by atoms with Crippen molar-refractivity contribution in [3.63, 3.8) is 0 Å². The lowest BCUT2D eigenvalue weighted by Crippen LogP contribution is -1.90. The number of hydrogen-bond acceptors (Lipinski definition) is 1. The lowest BCUT2D eigenvalue weighted by Gasteiger charge is -1.86. The van der Waals surface area contributed by atoms with Crippen molar-refractivity contribution in [1.29, 1.82) is 0 Å². The SMILES string of the molecule is C#CC.C/C=C/C(C)C.CC.C\C=C/C=C(N)\C=C/C. The zero-order valence-electron chi connectivity index (χ0n) is 14.8. The third-order valence-electron chi connectivity index (χ3n) is 1.42. The largest absolute Gasteiger partial charge is 0.399 e. The normalized spacial score (nSPS) is 10.3. The first-order valence-electron chi connectivity index (χ1n) is 7.21. The van der Waals surface area contributed by atoms with Crippen LogP contribution in [0.15, 0.2) is 48.2 Å². The highest BCUT2D eigenvalue weighted by molar-refractivity contribution is 5.19. The third-order valence-corrected chi connectivity index (χ3v) is 1.42. The second-order valence-corrected chi connectivity index (χ2v) is 3.75. The minimum Gasteiger partial charge on any atom is -0.399 e. The van der Waals surface area contributed by atoms with Gasteiger partial charge in [-0.3, -0.25) is 0 Å². The summed E-state index contributed by atoms with van der Waals surface area (Å²) in [4.78, 5) is 0. The van der Waals surface area contributed by atoms with Crippen LogP contribution in [0.2, 0.25) is 0 Å². The van der Waals surface area contributed by atoms with Gasteiger partial charge in [0.1, 0.15) is 0 Å². The van der Waals surface area contributed by atoms with E-state index in [0.29, 0.717) is 0 Å². The third kappa shape index (κ3) is 55.3. The molecule has 0 aliphatic carbocycles. The van der Waals surface area contributed by atoms with Gasteiger partial charge in [-0.1, -0.05) is 58.1 Å². The van der Waals surface area contributed by atoms with E-state index in [2.05, 4.69) is 38.3 Å². The van der Waals surface area contributed by atoms with Crippen molar-refractivity contribution in [3.8, 4) is 12.3 Å². The van der Waals surface area contributed by atoms with Gasteiger partial charge in [-0.05, 0) is 45.8 Å². The average molecular weight is 277 g/mol. The molecule has 0 fully saturated rings. The van der Waals surface area contributed by atoms with Crippen LogP contribution in [0.25, 0.3) is 0 Å². The van der Waals surface area contributed by atoms with Gasteiger partial charge < -0.3 is 5.73 Å². The Morgan fingerprint density at radius 1 is 1.05 bits per heavy atom. The van der Waals surface area contributed by atoms with Crippen LogP contribution in [-0.2, 0) is 0 Å². The van der Waals surface area contributed by atoms with E-state index in [1.807, 2.05) is 65.0 Å². The molecule has 0 rings (SSSR count). The van der Waals surface area contributed by atoms with Crippen LogP contribution in [0.1, 0.15) is 55.4 Å². The fourth-order valence-electron chi connectivity index (χ4n) is 0.840. The molecule has 1 nitrogen and oxygen atoms in total. The van der Waals surface area contributed by atoms with Crippen LogP contribution in [0.4, 0.5) is 0 Å². The maximum Gasteiger partial charge on any atom is 0.0310 e. The van der Waals surface area contributed by atoms with Crippen LogP contribution < -0.4 is 5.73 Å². The van der Waals surface area contributed by atoms with Crippen LogP contribution >= 0.6 is 0 Å². The standard InChI is InChI=1S/C8H13N.C6H12.C3H4.C2H6/c1-3-5-7-8(9)6-4-2;1-4-5-6(2)3;1-3-2;1-2/h3-7H,9H2,1-2H3;4-6H,1-3H3;1H,2H3;1-2H3/b5-3-,6-4-,8-7+;5-4+;;. The highest BCUT2D eigenvalue weighted by Crippen LogP contribution is 1.90.